The van der Waals surface area contributed by atoms with E-state index in [-0.39, 0.29) is 30.3 Å². The summed E-state index contributed by atoms with van der Waals surface area (Å²) < 4.78 is 32.2. The van der Waals surface area contributed by atoms with E-state index in [1.165, 1.54) is 0 Å². The van der Waals surface area contributed by atoms with Crippen molar-refractivity contribution in [1.82, 2.24) is 0 Å². The smallest absolute Gasteiger partial charge is 0.227 e. The Kier molecular flexibility index (Phi) is 6.87. The lowest BCUT2D eigenvalue weighted by Gasteiger charge is -2.47. The van der Waals surface area contributed by atoms with Crippen LogP contribution in [-0.2, 0) is 23.5 Å². The SMILES string of the molecule is CC(C)C1=N[C@H]2[C@@H](O1)O[C@@H]1CO[C@@H](c3ccccc3)O[C@H]1[C@@H]2OP(c1ccccc1)c1ccccc1. The van der Waals surface area contributed by atoms with Crippen LogP contribution in [0.3, 0.4) is 0 Å². The Morgan fingerprint density at radius 2 is 1.44 bits per heavy atom. The molecule has 0 radical (unpaired) electrons. The second-order valence-corrected chi connectivity index (χ2v) is 11.3. The lowest BCUT2D eigenvalue weighted by atomic mass is 9.96. The Morgan fingerprint density at radius 1 is 0.833 bits per heavy atom. The van der Waals surface area contributed by atoms with Gasteiger partial charge in [-0.25, -0.2) is 4.99 Å². The molecule has 0 saturated carbocycles. The molecule has 0 aliphatic carbocycles. The number of benzene rings is 3. The van der Waals surface area contributed by atoms with Gasteiger partial charge in [0.1, 0.15) is 24.4 Å². The average molecular weight is 504 g/mol. The largest absolute Gasteiger partial charge is 0.449 e. The van der Waals surface area contributed by atoms with Gasteiger partial charge in [0.05, 0.1) is 14.8 Å². The Hall–Kier alpha value is -2.60. The van der Waals surface area contributed by atoms with Gasteiger partial charge >= 0.3 is 0 Å². The molecule has 0 bridgehead atoms. The number of hydrogen-bond acceptors (Lipinski definition) is 6. The highest BCUT2D eigenvalue weighted by Gasteiger charge is 2.55. The summed E-state index contributed by atoms with van der Waals surface area (Å²) in [5, 5.41) is 2.27. The van der Waals surface area contributed by atoms with Crippen LogP contribution < -0.4 is 10.6 Å². The summed E-state index contributed by atoms with van der Waals surface area (Å²) in [6.45, 7) is 4.54. The fraction of sp³-hybridized carbons (Fsp3) is 0.345. The first-order valence-corrected chi connectivity index (χ1v) is 13.7. The van der Waals surface area contributed by atoms with Gasteiger partial charge in [-0.15, -0.1) is 0 Å². The lowest BCUT2D eigenvalue weighted by molar-refractivity contribution is -0.326. The molecule has 7 heteroatoms. The van der Waals surface area contributed by atoms with E-state index in [1.54, 1.807) is 0 Å². The summed E-state index contributed by atoms with van der Waals surface area (Å²) in [5.74, 6) is 0.849. The molecule has 0 unspecified atom stereocenters. The Labute approximate surface area is 213 Å². The highest BCUT2D eigenvalue weighted by atomic mass is 31.1. The molecule has 6 nitrogen and oxygen atoms in total. The zero-order valence-corrected chi connectivity index (χ0v) is 21.2. The van der Waals surface area contributed by atoms with Crippen LogP contribution in [0.25, 0.3) is 0 Å². The fourth-order valence-electron chi connectivity index (χ4n) is 4.79. The molecule has 6 rings (SSSR count). The molecule has 3 heterocycles. The maximum absolute atomic E-state index is 7.08. The molecule has 6 atom stereocenters. The zero-order valence-electron chi connectivity index (χ0n) is 20.3. The average Bonchev–Trinajstić information content (AvgIpc) is 3.37. The predicted octanol–water partition coefficient (Wildman–Crippen LogP) is 4.71. The maximum atomic E-state index is 7.08. The molecule has 0 N–H and O–H groups in total. The van der Waals surface area contributed by atoms with Crippen LogP contribution in [0.15, 0.2) is 96.0 Å². The van der Waals surface area contributed by atoms with Crippen LogP contribution in [-0.4, -0.2) is 43.1 Å². The van der Waals surface area contributed by atoms with Crippen LogP contribution in [0.5, 0.6) is 0 Å². The minimum absolute atomic E-state index is 0.154. The molecular weight excluding hydrogens is 473 g/mol. The minimum atomic E-state index is -1.13. The number of nitrogens with zero attached hydrogens (tertiary/aromatic N) is 1. The van der Waals surface area contributed by atoms with Crippen molar-refractivity contribution in [2.75, 3.05) is 6.61 Å². The van der Waals surface area contributed by atoms with Crippen LogP contribution in [0, 0.1) is 5.92 Å². The van der Waals surface area contributed by atoms with Crippen molar-refractivity contribution in [1.29, 1.82) is 0 Å². The summed E-state index contributed by atoms with van der Waals surface area (Å²) in [6.07, 6.45) is -2.05. The second kappa shape index (κ2) is 10.4. The second-order valence-electron chi connectivity index (χ2n) is 9.49. The first-order valence-electron chi connectivity index (χ1n) is 12.5. The normalized spacial score (nSPS) is 29.4. The first kappa shape index (κ1) is 23.8. The molecular formula is C29H30NO5P. The molecule has 186 valence electrons. The maximum Gasteiger partial charge on any atom is 0.227 e. The third-order valence-electron chi connectivity index (χ3n) is 6.59. The number of fused-ring (bicyclic) bond motifs is 2. The van der Waals surface area contributed by atoms with Crippen molar-refractivity contribution in [3.63, 3.8) is 0 Å². The standard InChI is InChI=1S/C29H30NO5P/c1-19(2)27-30-24-26(35-36(21-14-8-4-9-15-21)22-16-10-5-11-17-22)25-23(32-29(24)34-27)18-31-28(33-25)20-12-6-3-7-13-20/h3-17,19,23-26,28-29H,18H2,1-2H3/t23-,24-,25-,26-,28-,29-/m1/s1. The van der Waals surface area contributed by atoms with Gasteiger partial charge in [-0.05, 0) is 0 Å². The molecule has 0 amide bonds. The predicted molar refractivity (Wildman–Crippen MR) is 140 cm³/mol. The van der Waals surface area contributed by atoms with Gasteiger partial charge < -0.3 is 23.5 Å². The summed E-state index contributed by atoms with van der Waals surface area (Å²) in [4.78, 5) is 4.95. The highest BCUT2D eigenvalue weighted by Crippen LogP contribution is 2.45. The summed E-state index contributed by atoms with van der Waals surface area (Å²) in [7, 11) is -1.13. The van der Waals surface area contributed by atoms with Crippen LogP contribution >= 0.6 is 8.15 Å². The number of hydrogen-bond donors (Lipinski definition) is 0. The van der Waals surface area contributed by atoms with Gasteiger partial charge in [0.15, 0.2) is 12.2 Å². The summed E-state index contributed by atoms with van der Waals surface area (Å²) >= 11 is 0. The molecule has 0 aromatic heterocycles. The first-order chi connectivity index (χ1) is 17.7. The van der Waals surface area contributed by atoms with E-state index in [2.05, 4.69) is 62.4 Å². The van der Waals surface area contributed by atoms with E-state index in [9.17, 15) is 0 Å². The van der Waals surface area contributed by atoms with Crippen LogP contribution in [0.2, 0.25) is 0 Å². The van der Waals surface area contributed by atoms with Gasteiger partial charge in [-0.1, -0.05) is 105 Å². The topological polar surface area (TPSA) is 58.5 Å². The minimum Gasteiger partial charge on any atom is -0.449 e. The summed E-state index contributed by atoms with van der Waals surface area (Å²) in [5.41, 5.74) is 0.972. The monoisotopic (exact) mass is 503 g/mol. The third kappa shape index (κ3) is 4.72. The van der Waals surface area contributed by atoms with Crippen molar-refractivity contribution in [2.45, 2.75) is 50.8 Å². The van der Waals surface area contributed by atoms with E-state index in [0.717, 1.165) is 16.2 Å². The van der Waals surface area contributed by atoms with E-state index in [1.807, 2.05) is 42.5 Å². The van der Waals surface area contributed by atoms with Crippen molar-refractivity contribution in [3.8, 4) is 0 Å². The molecule has 3 aromatic rings. The molecule has 3 aliphatic rings. The van der Waals surface area contributed by atoms with Crippen molar-refractivity contribution in [3.05, 3.63) is 96.6 Å². The zero-order chi connectivity index (χ0) is 24.5. The highest BCUT2D eigenvalue weighted by molar-refractivity contribution is 7.68. The number of rotatable bonds is 6. The Morgan fingerprint density at radius 3 is 2.06 bits per heavy atom. The third-order valence-corrected chi connectivity index (χ3v) is 8.58. The van der Waals surface area contributed by atoms with Crippen molar-refractivity contribution in [2.24, 2.45) is 10.9 Å². The number of aliphatic imine (C=N–C) groups is 1. The van der Waals surface area contributed by atoms with Gasteiger partial charge in [0, 0.05) is 22.1 Å². The molecule has 2 saturated heterocycles. The molecule has 36 heavy (non-hydrogen) atoms. The molecule has 3 aromatic carbocycles. The van der Waals surface area contributed by atoms with E-state index < -0.39 is 20.7 Å². The van der Waals surface area contributed by atoms with E-state index in [0.29, 0.717) is 12.5 Å². The molecule has 3 aliphatic heterocycles. The van der Waals surface area contributed by atoms with Crippen LogP contribution in [0.1, 0.15) is 25.7 Å². The van der Waals surface area contributed by atoms with E-state index in [4.69, 9.17) is 28.5 Å². The summed E-state index contributed by atoms with van der Waals surface area (Å²) in [6, 6.07) is 30.4. The molecule has 2 fully saturated rings. The van der Waals surface area contributed by atoms with Crippen molar-refractivity contribution < 1.29 is 23.5 Å². The quantitative estimate of drug-likeness (QED) is 0.456. The Bertz CT molecular complexity index is 1140. The molecule has 0 spiro atoms. The fourth-order valence-corrected chi connectivity index (χ4v) is 6.71. The van der Waals surface area contributed by atoms with Gasteiger partial charge in [0.25, 0.3) is 0 Å². The number of ether oxygens (including phenoxy) is 4. The van der Waals surface area contributed by atoms with Gasteiger partial charge in [0.2, 0.25) is 6.29 Å². The van der Waals surface area contributed by atoms with Gasteiger partial charge in [-0.2, -0.15) is 0 Å². The van der Waals surface area contributed by atoms with Crippen LogP contribution in [0.4, 0.5) is 0 Å². The van der Waals surface area contributed by atoms with E-state index >= 15 is 0 Å². The van der Waals surface area contributed by atoms with Crippen molar-refractivity contribution >= 4 is 24.7 Å². The lowest BCUT2D eigenvalue weighted by Crippen LogP contribution is -2.61. The van der Waals surface area contributed by atoms with Gasteiger partial charge in [-0.3, -0.25) is 0 Å². The Balaban J connectivity index is 1.37.